The molecule has 32 heavy (non-hydrogen) atoms. The van der Waals surface area contributed by atoms with Gasteiger partial charge in [-0.2, -0.15) is 0 Å². The Labute approximate surface area is 185 Å². The first-order chi connectivity index (χ1) is 15.3. The maximum Gasteiger partial charge on any atom is 0.472 e. The summed E-state index contributed by atoms with van der Waals surface area (Å²) in [5.41, 5.74) is 0. The average Bonchev–Trinajstić information content (AvgIpc) is 2.76. The molecule has 0 saturated heterocycles. The second kappa shape index (κ2) is 19.2. The average molecular weight is 482 g/mol. The number of hydrogen-bond donors (Lipinski definition) is 1. The van der Waals surface area contributed by atoms with Crippen molar-refractivity contribution in [3.05, 3.63) is 0 Å². The lowest BCUT2D eigenvalue weighted by Gasteiger charge is -2.16. The number of esters is 2. The van der Waals surface area contributed by atoms with E-state index in [1.807, 2.05) is 0 Å². The van der Waals surface area contributed by atoms with Gasteiger partial charge >= 0.3 is 19.8 Å². The first kappa shape index (κ1) is 29.5. The Morgan fingerprint density at radius 3 is 2.28 bits per heavy atom. The molecule has 0 radical (unpaired) electrons. The molecule has 0 aromatic carbocycles. The highest BCUT2D eigenvalue weighted by molar-refractivity contribution is 7.47. The third-order valence-electron chi connectivity index (χ3n) is 3.28. The van der Waals surface area contributed by atoms with Crippen LogP contribution >= 0.6 is 7.82 Å². The third-order valence-corrected chi connectivity index (χ3v) is 4.26. The van der Waals surface area contributed by atoms with Crippen molar-refractivity contribution >= 4 is 32.7 Å². The molecule has 0 aliphatic rings. The Kier molecular flexibility index (Phi) is 17.7. The fourth-order valence-electron chi connectivity index (χ4n) is 1.86. The highest BCUT2D eigenvalue weighted by Gasteiger charge is 2.24. The number of phosphoric ester groups is 1. The molecule has 0 bridgehead atoms. The minimum absolute atomic E-state index is 0.00378. The van der Waals surface area contributed by atoms with Crippen LogP contribution in [0.2, 0.25) is 0 Å². The summed E-state index contributed by atoms with van der Waals surface area (Å²) >= 11 is 0. The van der Waals surface area contributed by atoms with E-state index in [1.54, 1.807) is 0 Å². The van der Waals surface area contributed by atoms with Gasteiger partial charge in [0.1, 0.15) is 13.2 Å². The Balaban J connectivity index is 3.77. The van der Waals surface area contributed by atoms with E-state index in [2.05, 4.69) is 29.2 Å². The van der Waals surface area contributed by atoms with Gasteiger partial charge in [0.05, 0.1) is 19.8 Å². The van der Waals surface area contributed by atoms with Crippen LogP contribution < -0.4 is 0 Å². The van der Waals surface area contributed by atoms with E-state index in [4.69, 9.17) is 15.9 Å². The molecule has 182 valence electrons. The van der Waals surface area contributed by atoms with Crippen LogP contribution in [0.4, 0.5) is 0 Å². The van der Waals surface area contributed by atoms with Gasteiger partial charge in [-0.25, -0.2) is 4.57 Å². The molecular formula is C18H27O13P. The predicted molar refractivity (Wildman–Crippen MR) is 105 cm³/mol. The zero-order valence-electron chi connectivity index (χ0n) is 17.4. The van der Waals surface area contributed by atoms with Gasteiger partial charge in [0.15, 0.2) is 12.7 Å². The topological polar surface area (TPSA) is 170 Å². The van der Waals surface area contributed by atoms with Crippen LogP contribution in [0.5, 0.6) is 0 Å². The fraction of sp³-hybridized carbons (Fsp3) is 0.667. The number of terminal acetylenes is 1. The summed E-state index contributed by atoms with van der Waals surface area (Å²) in [6.07, 6.45) is 4.47. The first-order valence-electron chi connectivity index (χ1n) is 9.43. The molecule has 0 heterocycles. The normalized spacial score (nSPS) is 13.1. The van der Waals surface area contributed by atoms with Crippen molar-refractivity contribution in [3.8, 4) is 12.3 Å². The second-order valence-electron chi connectivity index (χ2n) is 5.79. The first-order valence-corrected chi connectivity index (χ1v) is 10.9. The van der Waals surface area contributed by atoms with E-state index in [-0.39, 0.29) is 71.8 Å². The molecule has 0 fully saturated rings. The second-order valence-corrected chi connectivity index (χ2v) is 7.24. The molecule has 13 nitrogen and oxygen atoms in total. The van der Waals surface area contributed by atoms with Crippen LogP contribution in [0.25, 0.3) is 0 Å². The number of carbonyl (C=O) groups is 4. The lowest BCUT2D eigenvalue weighted by molar-refractivity contribution is -0.145. The van der Waals surface area contributed by atoms with Crippen molar-refractivity contribution in [2.75, 3.05) is 46.2 Å². The molecule has 2 atom stereocenters. The molecule has 0 aromatic heterocycles. The van der Waals surface area contributed by atoms with Crippen molar-refractivity contribution in [3.63, 3.8) is 0 Å². The van der Waals surface area contributed by atoms with E-state index in [0.717, 1.165) is 0 Å². The van der Waals surface area contributed by atoms with Gasteiger partial charge in [0.25, 0.3) is 12.9 Å². The summed E-state index contributed by atoms with van der Waals surface area (Å²) in [7, 11) is -4.47. The smallest absolute Gasteiger partial charge is 0.464 e. The number of ether oxygens (including phenoxy) is 5. The van der Waals surface area contributed by atoms with E-state index in [1.165, 1.54) is 0 Å². The minimum atomic E-state index is -4.47. The molecule has 0 aromatic rings. The number of hydrogen-bond acceptors (Lipinski definition) is 12. The predicted octanol–water partition coefficient (Wildman–Crippen LogP) is 0.131. The molecule has 0 rings (SSSR count). The van der Waals surface area contributed by atoms with Gasteiger partial charge in [-0.1, -0.05) is 5.92 Å². The fourth-order valence-corrected chi connectivity index (χ4v) is 2.65. The summed E-state index contributed by atoms with van der Waals surface area (Å²) < 4.78 is 44.7. The summed E-state index contributed by atoms with van der Waals surface area (Å²) in [6, 6.07) is 0. The zero-order valence-corrected chi connectivity index (χ0v) is 18.3. The highest BCUT2D eigenvalue weighted by Crippen LogP contribution is 2.43. The molecule has 14 heteroatoms. The van der Waals surface area contributed by atoms with Gasteiger partial charge in [-0.3, -0.25) is 28.2 Å². The van der Waals surface area contributed by atoms with Crippen molar-refractivity contribution in [1.29, 1.82) is 0 Å². The summed E-state index contributed by atoms with van der Waals surface area (Å²) in [5, 5.41) is 0. The maximum atomic E-state index is 11.7. The molecule has 2 unspecified atom stereocenters. The van der Waals surface area contributed by atoms with E-state index >= 15 is 0 Å². The summed E-state index contributed by atoms with van der Waals surface area (Å²) in [5.74, 6) is 1.20. The van der Waals surface area contributed by atoms with Gasteiger partial charge in [-0.15, -0.1) is 6.42 Å². The molecule has 0 amide bonds. The van der Waals surface area contributed by atoms with Crippen LogP contribution in [0.3, 0.4) is 0 Å². The number of carbonyl (C=O) groups excluding carboxylic acids is 4. The van der Waals surface area contributed by atoms with Crippen LogP contribution in [0, 0.1) is 12.3 Å². The van der Waals surface area contributed by atoms with Gasteiger partial charge < -0.3 is 28.6 Å². The SMILES string of the molecule is C#CCOC(=O)CCCOCCOC(=O)CCCOP(=O)(O)OCC(COC=O)OC=O. The Bertz CT molecular complexity index is 645. The lowest BCUT2D eigenvalue weighted by atomic mass is 10.3. The number of phosphoric acid groups is 1. The number of rotatable bonds is 21. The van der Waals surface area contributed by atoms with Gasteiger partial charge in [-0.05, 0) is 12.8 Å². The third kappa shape index (κ3) is 18.3. The van der Waals surface area contributed by atoms with Crippen molar-refractivity contribution in [2.45, 2.75) is 31.8 Å². The quantitative estimate of drug-likeness (QED) is 0.0585. The van der Waals surface area contributed by atoms with Crippen molar-refractivity contribution in [1.82, 2.24) is 0 Å². The maximum absolute atomic E-state index is 11.7. The molecule has 0 spiro atoms. The molecule has 0 aliphatic carbocycles. The Morgan fingerprint density at radius 2 is 1.62 bits per heavy atom. The lowest BCUT2D eigenvalue weighted by Crippen LogP contribution is -2.24. The Hall–Kier alpha value is -2.49. The molecule has 0 saturated carbocycles. The summed E-state index contributed by atoms with van der Waals surface area (Å²) in [6.45, 7) is -0.655. The molecule has 0 aliphatic heterocycles. The molecule has 1 N–H and O–H groups in total. The van der Waals surface area contributed by atoms with E-state index in [0.29, 0.717) is 6.42 Å². The monoisotopic (exact) mass is 482 g/mol. The zero-order chi connectivity index (χ0) is 24.1. The summed E-state index contributed by atoms with van der Waals surface area (Å²) in [4.78, 5) is 52.7. The Morgan fingerprint density at radius 1 is 0.938 bits per heavy atom. The minimum Gasteiger partial charge on any atom is -0.464 e. The molecular weight excluding hydrogens is 455 g/mol. The van der Waals surface area contributed by atoms with Crippen LogP contribution in [0.15, 0.2) is 0 Å². The van der Waals surface area contributed by atoms with Gasteiger partial charge in [0.2, 0.25) is 0 Å². The van der Waals surface area contributed by atoms with Crippen molar-refractivity contribution in [2.24, 2.45) is 0 Å². The van der Waals surface area contributed by atoms with E-state index in [9.17, 15) is 28.6 Å². The largest absolute Gasteiger partial charge is 0.472 e. The van der Waals surface area contributed by atoms with Crippen LogP contribution in [-0.2, 0) is 56.5 Å². The highest BCUT2D eigenvalue weighted by atomic mass is 31.2. The standard InChI is InChI=1S/C18H27O13P/c1-2-7-27-17(21)5-3-8-25-10-11-28-18(22)6-4-9-30-32(23,24)31-13-16(29-15-20)12-26-14-19/h1,14-16H,3-13H2,(H,23,24). The van der Waals surface area contributed by atoms with Crippen molar-refractivity contribution < 1.29 is 61.4 Å². The van der Waals surface area contributed by atoms with Gasteiger partial charge in [0, 0.05) is 19.4 Å². The van der Waals surface area contributed by atoms with Crippen LogP contribution in [-0.4, -0.2) is 82.1 Å². The van der Waals surface area contributed by atoms with Crippen LogP contribution in [0.1, 0.15) is 25.7 Å². The van der Waals surface area contributed by atoms with E-state index < -0.39 is 32.5 Å².